The maximum atomic E-state index is 12.2. The molecular weight excluding hydrogens is 358 g/mol. The van der Waals surface area contributed by atoms with Crippen LogP contribution in [0, 0.1) is 0 Å². The summed E-state index contributed by atoms with van der Waals surface area (Å²) in [6, 6.07) is 7.65. The minimum Gasteiger partial charge on any atom is -0.348 e. The summed E-state index contributed by atoms with van der Waals surface area (Å²) in [7, 11) is 3.52. The van der Waals surface area contributed by atoms with Crippen molar-refractivity contribution in [2.45, 2.75) is 30.2 Å². The molecule has 1 amide bonds. The van der Waals surface area contributed by atoms with E-state index in [1.54, 1.807) is 19.0 Å². The van der Waals surface area contributed by atoms with Crippen LogP contribution in [-0.4, -0.2) is 58.0 Å². The Morgan fingerprint density at radius 3 is 2.56 bits per heavy atom. The highest BCUT2D eigenvalue weighted by molar-refractivity contribution is 8.00. The molecule has 2 aromatic rings. The number of benzene rings is 1. The van der Waals surface area contributed by atoms with Gasteiger partial charge in [-0.25, -0.2) is 0 Å². The van der Waals surface area contributed by atoms with Crippen LogP contribution in [0.25, 0.3) is 5.69 Å². The molecule has 1 atom stereocenters. The predicted molar refractivity (Wildman–Crippen MR) is 102 cm³/mol. The Hall–Kier alpha value is -1.73. The molecule has 134 valence electrons. The van der Waals surface area contributed by atoms with E-state index in [2.05, 4.69) is 15.1 Å². The van der Waals surface area contributed by atoms with E-state index in [-0.39, 0.29) is 11.2 Å². The lowest BCUT2D eigenvalue weighted by Gasteiger charge is -2.20. The molecule has 0 aliphatic carbocycles. The minimum atomic E-state index is -0.258. The van der Waals surface area contributed by atoms with Crippen molar-refractivity contribution in [3.05, 3.63) is 29.3 Å². The van der Waals surface area contributed by atoms with E-state index < -0.39 is 0 Å². The number of carbonyl (C=O) groups is 1. The van der Waals surface area contributed by atoms with E-state index in [1.807, 2.05) is 35.8 Å². The van der Waals surface area contributed by atoms with Gasteiger partial charge in [-0.15, -0.1) is 10.2 Å². The fraction of sp³-hybridized carbons (Fsp3) is 0.471. The van der Waals surface area contributed by atoms with Crippen LogP contribution in [0.5, 0.6) is 0 Å². The highest BCUT2D eigenvalue weighted by Crippen LogP contribution is 2.33. The summed E-state index contributed by atoms with van der Waals surface area (Å²) in [5.74, 6) is 0.832. The Labute approximate surface area is 157 Å². The molecular formula is C17H22ClN5OS. The first kappa shape index (κ1) is 18.1. The summed E-state index contributed by atoms with van der Waals surface area (Å²) in [6.45, 7) is 3.80. The second-order valence-electron chi connectivity index (χ2n) is 6.26. The van der Waals surface area contributed by atoms with Gasteiger partial charge in [0, 0.05) is 27.2 Å². The maximum absolute atomic E-state index is 12.2. The second-order valence-corrected chi connectivity index (χ2v) is 7.97. The summed E-state index contributed by atoms with van der Waals surface area (Å²) in [5.41, 5.74) is 0.836. The number of para-hydroxylation sites is 1. The zero-order chi connectivity index (χ0) is 18.0. The number of thioether (sulfide) groups is 1. The van der Waals surface area contributed by atoms with Crippen molar-refractivity contribution in [3.63, 3.8) is 0 Å². The number of aromatic nitrogens is 3. The van der Waals surface area contributed by atoms with E-state index >= 15 is 0 Å². The van der Waals surface area contributed by atoms with Gasteiger partial charge in [-0.2, -0.15) is 0 Å². The molecule has 0 spiro atoms. The average Bonchev–Trinajstić information content (AvgIpc) is 3.24. The number of amides is 1. The molecule has 1 aliphatic heterocycles. The van der Waals surface area contributed by atoms with Gasteiger partial charge in [0.25, 0.3) is 0 Å². The SMILES string of the molecule is CC(Sc1nnc(N2CCCC2)n1-c1ccccc1Cl)C(=O)N(C)C. The minimum absolute atomic E-state index is 0.0430. The fourth-order valence-electron chi connectivity index (χ4n) is 2.88. The van der Waals surface area contributed by atoms with Crippen molar-refractivity contribution < 1.29 is 4.79 Å². The average molecular weight is 380 g/mol. The number of hydrogen-bond acceptors (Lipinski definition) is 5. The van der Waals surface area contributed by atoms with Crippen LogP contribution in [0.15, 0.2) is 29.4 Å². The van der Waals surface area contributed by atoms with Crippen LogP contribution in [0.3, 0.4) is 0 Å². The highest BCUT2D eigenvalue weighted by Gasteiger charge is 2.26. The van der Waals surface area contributed by atoms with Gasteiger partial charge in [0.05, 0.1) is 16.0 Å². The Bertz CT molecular complexity index is 757. The van der Waals surface area contributed by atoms with Gasteiger partial charge >= 0.3 is 0 Å². The summed E-state index contributed by atoms with van der Waals surface area (Å²) in [6.07, 6.45) is 2.29. The standard InChI is InChI=1S/C17H22ClN5OS/c1-12(15(24)21(2)3)25-17-20-19-16(22-10-6-7-11-22)23(17)14-9-5-4-8-13(14)18/h4-5,8-9,12H,6-7,10-11H2,1-3H3. The second kappa shape index (κ2) is 7.66. The summed E-state index contributed by atoms with van der Waals surface area (Å²) in [5, 5.41) is 9.83. The quantitative estimate of drug-likeness (QED) is 0.747. The Morgan fingerprint density at radius 1 is 1.24 bits per heavy atom. The zero-order valence-corrected chi connectivity index (χ0v) is 16.2. The van der Waals surface area contributed by atoms with Crippen LogP contribution >= 0.6 is 23.4 Å². The van der Waals surface area contributed by atoms with E-state index in [0.29, 0.717) is 10.2 Å². The third kappa shape index (κ3) is 3.77. The van der Waals surface area contributed by atoms with E-state index in [9.17, 15) is 4.79 Å². The lowest BCUT2D eigenvalue weighted by atomic mass is 10.3. The monoisotopic (exact) mass is 379 g/mol. The van der Waals surface area contributed by atoms with Crippen LogP contribution in [-0.2, 0) is 4.79 Å². The molecule has 6 nitrogen and oxygen atoms in total. The van der Waals surface area contributed by atoms with Gasteiger partial charge in [0.15, 0.2) is 5.16 Å². The van der Waals surface area contributed by atoms with Gasteiger partial charge in [0.1, 0.15) is 0 Å². The maximum Gasteiger partial charge on any atom is 0.235 e. The molecule has 0 saturated carbocycles. The summed E-state index contributed by atoms with van der Waals surface area (Å²) >= 11 is 7.84. The molecule has 0 bridgehead atoms. The molecule has 1 saturated heterocycles. The number of hydrogen-bond donors (Lipinski definition) is 0. The molecule has 0 N–H and O–H groups in total. The zero-order valence-electron chi connectivity index (χ0n) is 14.6. The highest BCUT2D eigenvalue weighted by atomic mass is 35.5. The van der Waals surface area contributed by atoms with Crippen molar-refractivity contribution in [2.75, 3.05) is 32.1 Å². The lowest BCUT2D eigenvalue weighted by molar-refractivity contribution is -0.127. The van der Waals surface area contributed by atoms with Gasteiger partial charge in [0.2, 0.25) is 11.9 Å². The van der Waals surface area contributed by atoms with Crippen LogP contribution in [0.2, 0.25) is 5.02 Å². The molecule has 1 aliphatic rings. The lowest BCUT2D eigenvalue weighted by Crippen LogP contribution is -2.30. The molecule has 2 heterocycles. The number of nitrogens with zero attached hydrogens (tertiary/aromatic N) is 5. The fourth-order valence-corrected chi connectivity index (χ4v) is 4.10. The number of rotatable bonds is 5. The van der Waals surface area contributed by atoms with E-state index in [0.717, 1.165) is 37.6 Å². The van der Waals surface area contributed by atoms with Gasteiger partial charge < -0.3 is 9.80 Å². The third-order valence-electron chi connectivity index (χ3n) is 4.17. The van der Waals surface area contributed by atoms with Crippen LogP contribution < -0.4 is 4.90 Å². The largest absolute Gasteiger partial charge is 0.348 e. The van der Waals surface area contributed by atoms with E-state index in [1.165, 1.54) is 11.8 Å². The normalized spacial score (nSPS) is 15.4. The van der Waals surface area contributed by atoms with Crippen molar-refractivity contribution >= 4 is 35.2 Å². The summed E-state index contributed by atoms with van der Waals surface area (Å²) in [4.78, 5) is 16.0. The predicted octanol–water partition coefficient (Wildman–Crippen LogP) is 3.09. The number of halogens is 1. The van der Waals surface area contributed by atoms with Crippen molar-refractivity contribution in [2.24, 2.45) is 0 Å². The van der Waals surface area contributed by atoms with E-state index in [4.69, 9.17) is 11.6 Å². The first-order valence-electron chi connectivity index (χ1n) is 8.32. The van der Waals surface area contributed by atoms with Gasteiger partial charge in [-0.3, -0.25) is 9.36 Å². The Morgan fingerprint density at radius 2 is 1.92 bits per heavy atom. The van der Waals surface area contributed by atoms with Crippen molar-refractivity contribution in [1.29, 1.82) is 0 Å². The molecule has 1 unspecified atom stereocenters. The summed E-state index contributed by atoms with van der Waals surface area (Å²) < 4.78 is 1.97. The van der Waals surface area contributed by atoms with Gasteiger partial charge in [-0.05, 0) is 31.9 Å². The molecule has 3 rings (SSSR count). The molecule has 8 heteroatoms. The van der Waals surface area contributed by atoms with Crippen LogP contribution in [0.4, 0.5) is 5.95 Å². The first-order valence-corrected chi connectivity index (χ1v) is 9.58. The Kier molecular flexibility index (Phi) is 5.54. The van der Waals surface area contributed by atoms with Crippen molar-refractivity contribution in [3.8, 4) is 5.69 Å². The molecule has 1 aromatic heterocycles. The topological polar surface area (TPSA) is 54.3 Å². The molecule has 1 aromatic carbocycles. The van der Waals surface area contributed by atoms with Crippen molar-refractivity contribution in [1.82, 2.24) is 19.7 Å². The smallest absolute Gasteiger partial charge is 0.235 e. The van der Waals surface area contributed by atoms with Gasteiger partial charge in [-0.1, -0.05) is 35.5 Å². The number of carbonyl (C=O) groups excluding carboxylic acids is 1. The number of anilines is 1. The molecule has 0 radical (unpaired) electrons. The molecule has 25 heavy (non-hydrogen) atoms. The van der Waals surface area contributed by atoms with Crippen LogP contribution in [0.1, 0.15) is 19.8 Å². The molecule has 1 fully saturated rings. The Balaban J connectivity index is 2.01. The third-order valence-corrected chi connectivity index (χ3v) is 5.52. The first-order chi connectivity index (χ1) is 12.0.